The highest BCUT2D eigenvalue weighted by Crippen LogP contribution is 2.30. The number of methoxy groups -OCH3 is 1. The maximum absolute atomic E-state index is 12.4. The average Bonchev–Trinajstić information content (AvgIpc) is 3.25. The fraction of sp³-hybridized carbons (Fsp3) is 0.182. The standard InChI is InChI=1S/C22H20N2O3S/c1-26-10-11-27-21-9-8-16(19-6-2-3-7-20(19)21)13-17(14-23)22(25)24-15-18-5-4-12-28-18/h2-9,12-13H,10-11,15H2,1H3,(H,24,25)/b17-13+. The predicted molar refractivity (Wildman–Crippen MR) is 111 cm³/mol. The van der Waals surface area contributed by atoms with Gasteiger partial charge < -0.3 is 14.8 Å². The molecule has 1 amide bonds. The molecular formula is C22H20N2O3S. The van der Waals surface area contributed by atoms with Gasteiger partial charge in [-0.2, -0.15) is 5.26 Å². The summed E-state index contributed by atoms with van der Waals surface area (Å²) in [4.78, 5) is 13.5. The van der Waals surface area contributed by atoms with Crippen molar-refractivity contribution in [2.24, 2.45) is 0 Å². The van der Waals surface area contributed by atoms with E-state index in [1.54, 1.807) is 24.5 Å². The Morgan fingerprint density at radius 1 is 1.14 bits per heavy atom. The van der Waals surface area contributed by atoms with Crippen molar-refractivity contribution in [1.29, 1.82) is 5.26 Å². The molecule has 0 spiro atoms. The van der Waals surface area contributed by atoms with Crippen LogP contribution in [0.2, 0.25) is 0 Å². The van der Waals surface area contributed by atoms with Crippen LogP contribution >= 0.6 is 11.3 Å². The molecular weight excluding hydrogens is 372 g/mol. The summed E-state index contributed by atoms with van der Waals surface area (Å²) in [6.45, 7) is 1.35. The number of thiophene rings is 1. The van der Waals surface area contributed by atoms with Crippen molar-refractivity contribution in [3.63, 3.8) is 0 Å². The zero-order chi connectivity index (χ0) is 19.8. The van der Waals surface area contributed by atoms with Gasteiger partial charge in [-0.05, 0) is 34.5 Å². The Morgan fingerprint density at radius 2 is 1.96 bits per heavy atom. The third-order valence-corrected chi connectivity index (χ3v) is 5.01. The molecule has 1 N–H and O–H groups in total. The van der Waals surface area contributed by atoms with E-state index < -0.39 is 0 Å². The largest absolute Gasteiger partial charge is 0.491 e. The van der Waals surface area contributed by atoms with E-state index in [4.69, 9.17) is 9.47 Å². The summed E-state index contributed by atoms with van der Waals surface area (Å²) in [5, 5.41) is 16.0. The first-order chi connectivity index (χ1) is 13.7. The number of nitriles is 1. The smallest absolute Gasteiger partial charge is 0.262 e. The number of carbonyl (C=O) groups is 1. The zero-order valence-electron chi connectivity index (χ0n) is 15.5. The number of nitrogens with one attached hydrogen (secondary N) is 1. The van der Waals surface area contributed by atoms with E-state index in [2.05, 4.69) is 5.32 Å². The molecule has 0 atom stereocenters. The van der Waals surface area contributed by atoms with Gasteiger partial charge in [0.15, 0.2) is 0 Å². The fourth-order valence-corrected chi connectivity index (χ4v) is 3.41. The highest BCUT2D eigenvalue weighted by Gasteiger charge is 2.11. The molecule has 0 radical (unpaired) electrons. The molecule has 1 heterocycles. The summed E-state index contributed by atoms with van der Waals surface area (Å²) in [6, 6.07) is 17.3. The van der Waals surface area contributed by atoms with Crippen LogP contribution in [0.3, 0.4) is 0 Å². The molecule has 0 saturated heterocycles. The summed E-state index contributed by atoms with van der Waals surface area (Å²) in [6.07, 6.45) is 1.62. The average molecular weight is 392 g/mol. The first kappa shape index (κ1) is 19.6. The van der Waals surface area contributed by atoms with Gasteiger partial charge in [-0.25, -0.2) is 0 Å². The Bertz CT molecular complexity index is 1020. The van der Waals surface area contributed by atoms with Crippen LogP contribution in [0.1, 0.15) is 10.4 Å². The first-order valence-corrected chi connectivity index (χ1v) is 9.66. The Kier molecular flexibility index (Phi) is 6.79. The first-order valence-electron chi connectivity index (χ1n) is 8.79. The van der Waals surface area contributed by atoms with Gasteiger partial charge in [0.05, 0.1) is 13.2 Å². The monoisotopic (exact) mass is 392 g/mol. The quantitative estimate of drug-likeness (QED) is 0.355. The van der Waals surface area contributed by atoms with Gasteiger partial charge in [-0.3, -0.25) is 4.79 Å². The third-order valence-electron chi connectivity index (χ3n) is 4.13. The molecule has 2 aromatic carbocycles. The van der Waals surface area contributed by atoms with Crippen LogP contribution in [0.15, 0.2) is 59.5 Å². The van der Waals surface area contributed by atoms with E-state index in [0.29, 0.717) is 19.8 Å². The van der Waals surface area contributed by atoms with Gasteiger partial charge in [-0.15, -0.1) is 11.3 Å². The number of fused-ring (bicyclic) bond motifs is 1. The summed E-state index contributed by atoms with van der Waals surface area (Å²) < 4.78 is 10.8. The van der Waals surface area contributed by atoms with Gasteiger partial charge in [-0.1, -0.05) is 36.4 Å². The topological polar surface area (TPSA) is 71.3 Å². The molecule has 0 aliphatic carbocycles. The van der Waals surface area contributed by atoms with E-state index in [-0.39, 0.29) is 11.5 Å². The maximum atomic E-state index is 12.4. The fourth-order valence-electron chi connectivity index (χ4n) is 2.76. The lowest BCUT2D eigenvalue weighted by molar-refractivity contribution is -0.117. The number of amides is 1. The van der Waals surface area contributed by atoms with Crippen LogP contribution in [0.5, 0.6) is 5.75 Å². The second-order valence-electron chi connectivity index (χ2n) is 5.97. The number of hydrogen-bond acceptors (Lipinski definition) is 5. The molecule has 5 nitrogen and oxygen atoms in total. The molecule has 6 heteroatoms. The molecule has 3 rings (SSSR count). The van der Waals surface area contributed by atoms with Crippen LogP contribution in [0.4, 0.5) is 0 Å². The van der Waals surface area contributed by atoms with Crippen LogP contribution in [0, 0.1) is 11.3 Å². The SMILES string of the molecule is COCCOc1ccc(/C=C(\C#N)C(=O)NCc2cccs2)c2ccccc12. The number of rotatable bonds is 8. The molecule has 142 valence electrons. The van der Waals surface area contributed by atoms with Gasteiger partial charge >= 0.3 is 0 Å². The summed E-state index contributed by atoms with van der Waals surface area (Å²) in [5.74, 6) is 0.353. The molecule has 0 bridgehead atoms. The van der Waals surface area contributed by atoms with Crippen molar-refractivity contribution in [1.82, 2.24) is 5.32 Å². The van der Waals surface area contributed by atoms with Crippen molar-refractivity contribution in [3.8, 4) is 11.8 Å². The van der Waals surface area contributed by atoms with Gasteiger partial charge in [0, 0.05) is 17.4 Å². The Labute approximate surface area is 167 Å². The minimum absolute atomic E-state index is 0.0646. The number of ether oxygens (including phenoxy) is 2. The molecule has 0 saturated carbocycles. The lowest BCUT2D eigenvalue weighted by atomic mass is 10.0. The number of benzene rings is 2. The molecule has 0 aliphatic rings. The summed E-state index contributed by atoms with van der Waals surface area (Å²) in [7, 11) is 1.63. The maximum Gasteiger partial charge on any atom is 0.262 e. The zero-order valence-corrected chi connectivity index (χ0v) is 16.3. The van der Waals surface area contributed by atoms with Crippen molar-refractivity contribution in [2.75, 3.05) is 20.3 Å². The third kappa shape index (κ3) is 4.77. The van der Waals surface area contributed by atoms with Crippen LogP contribution < -0.4 is 10.1 Å². The number of nitrogens with zero attached hydrogens (tertiary/aromatic N) is 1. The second kappa shape index (κ2) is 9.70. The van der Waals surface area contributed by atoms with Crippen LogP contribution in [0.25, 0.3) is 16.8 Å². The predicted octanol–water partition coefficient (Wildman–Crippen LogP) is 4.15. The highest BCUT2D eigenvalue weighted by atomic mass is 32.1. The lowest BCUT2D eigenvalue weighted by Gasteiger charge is -2.11. The van der Waals surface area contributed by atoms with Crippen molar-refractivity contribution in [2.45, 2.75) is 6.54 Å². The highest BCUT2D eigenvalue weighted by molar-refractivity contribution is 7.09. The molecule has 0 unspecified atom stereocenters. The van der Waals surface area contributed by atoms with Crippen molar-refractivity contribution >= 4 is 34.1 Å². The minimum Gasteiger partial charge on any atom is -0.491 e. The van der Waals surface area contributed by atoms with E-state index in [0.717, 1.165) is 27.0 Å². The van der Waals surface area contributed by atoms with Gasteiger partial charge in [0.25, 0.3) is 5.91 Å². The summed E-state index contributed by atoms with van der Waals surface area (Å²) >= 11 is 1.56. The number of hydrogen-bond donors (Lipinski definition) is 1. The normalized spacial score (nSPS) is 11.2. The Hall–Kier alpha value is -3.14. The lowest BCUT2D eigenvalue weighted by Crippen LogP contribution is -2.23. The number of carbonyl (C=O) groups excluding carboxylic acids is 1. The van der Waals surface area contributed by atoms with E-state index in [1.807, 2.05) is 60.0 Å². The summed E-state index contributed by atoms with van der Waals surface area (Å²) in [5.41, 5.74) is 0.854. The minimum atomic E-state index is -0.389. The van der Waals surface area contributed by atoms with E-state index in [9.17, 15) is 10.1 Å². The second-order valence-corrected chi connectivity index (χ2v) is 7.00. The van der Waals surface area contributed by atoms with Crippen LogP contribution in [-0.4, -0.2) is 26.2 Å². The molecule has 1 aromatic heterocycles. The van der Waals surface area contributed by atoms with E-state index >= 15 is 0 Å². The van der Waals surface area contributed by atoms with Gasteiger partial charge in [0.2, 0.25) is 0 Å². The Balaban J connectivity index is 1.86. The van der Waals surface area contributed by atoms with Crippen molar-refractivity contribution < 1.29 is 14.3 Å². The van der Waals surface area contributed by atoms with Gasteiger partial charge in [0.1, 0.15) is 24.0 Å². The van der Waals surface area contributed by atoms with Crippen molar-refractivity contribution in [3.05, 3.63) is 69.9 Å². The molecule has 28 heavy (non-hydrogen) atoms. The molecule has 0 aliphatic heterocycles. The molecule has 3 aromatic rings. The van der Waals surface area contributed by atoms with Crippen LogP contribution in [-0.2, 0) is 16.1 Å². The Morgan fingerprint density at radius 3 is 2.68 bits per heavy atom. The molecule has 0 fully saturated rings. The van der Waals surface area contributed by atoms with E-state index in [1.165, 1.54) is 0 Å².